The Morgan fingerprint density at radius 1 is 1.24 bits per heavy atom. The summed E-state index contributed by atoms with van der Waals surface area (Å²) in [7, 11) is 0. The lowest BCUT2D eigenvalue weighted by atomic mass is 9.77. The van der Waals surface area contributed by atoms with Gasteiger partial charge in [-0.1, -0.05) is 24.3 Å². The second-order valence-corrected chi connectivity index (χ2v) is 5.02. The number of non-ortho nitro benzene ring substituents is 1. The summed E-state index contributed by atoms with van der Waals surface area (Å²) < 4.78 is 27.5. The number of anilines is 1. The largest absolute Gasteiger partial charge is 0.380 e. The lowest BCUT2D eigenvalue weighted by Crippen LogP contribution is -2.24. The molecule has 1 N–H and O–H groups in total. The van der Waals surface area contributed by atoms with Crippen molar-refractivity contribution in [1.82, 2.24) is 0 Å². The van der Waals surface area contributed by atoms with Crippen LogP contribution in [0.4, 0.5) is 20.2 Å². The Balaban J connectivity index is 1.74. The molecule has 108 valence electrons. The first-order valence-corrected chi connectivity index (χ1v) is 6.51. The van der Waals surface area contributed by atoms with Crippen LogP contribution >= 0.6 is 0 Å². The first kappa shape index (κ1) is 13.5. The van der Waals surface area contributed by atoms with Crippen LogP contribution in [0.1, 0.15) is 17.0 Å². The minimum Gasteiger partial charge on any atom is -0.380 e. The van der Waals surface area contributed by atoms with Gasteiger partial charge in [-0.3, -0.25) is 10.1 Å². The predicted molar refractivity (Wildman–Crippen MR) is 74.4 cm³/mol. The van der Waals surface area contributed by atoms with E-state index in [0.717, 1.165) is 18.6 Å². The van der Waals surface area contributed by atoms with Crippen molar-refractivity contribution in [2.24, 2.45) is 0 Å². The summed E-state index contributed by atoms with van der Waals surface area (Å²) in [5, 5.41) is 13.2. The normalized spacial score (nSPS) is 16.0. The maximum Gasteiger partial charge on any atom is 0.275 e. The topological polar surface area (TPSA) is 55.2 Å². The highest BCUT2D eigenvalue weighted by molar-refractivity contribution is 5.52. The fraction of sp³-hybridized carbons (Fsp3) is 0.200. The molecule has 0 bridgehead atoms. The first-order chi connectivity index (χ1) is 10.1. The van der Waals surface area contributed by atoms with Crippen LogP contribution in [-0.4, -0.2) is 11.5 Å². The number of rotatable bonds is 4. The molecule has 1 aliphatic rings. The van der Waals surface area contributed by atoms with Crippen LogP contribution in [0.15, 0.2) is 36.4 Å². The van der Waals surface area contributed by atoms with Crippen LogP contribution in [0.2, 0.25) is 0 Å². The van der Waals surface area contributed by atoms with Gasteiger partial charge in [0, 0.05) is 12.5 Å². The standard InChI is InChI=1S/C15H12F2N2O2/c16-13-6-11(19(20)21)7-14(17)15(13)18-8-10-5-9-3-1-2-4-12(9)10/h1-4,6-7,10,18H,5,8H2. The fourth-order valence-electron chi connectivity index (χ4n) is 2.60. The Labute approximate surface area is 119 Å². The highest BCUT2D eigenvalue weighted by Crippen LogP contribution is 2.35. The number of hydrogen-bond donors (Lipinski definition) is 1. The van der Waals surface area contributed by atoms with Crippen LogP contribution in [0, 0.1) is 21.7 Å². The highest BCUT2D eigenvalue weighted by atomic mass is 19.1. The van der Waals surface area contributed by atoms with Crippen molar-refractivity contribution in [1.29, 1.82) is 0 Å². The average molecular weight is 290 g/mol. The van der Waals surface area contributed by atoms with E-state index in [1.54, 1.807) is 0 Å². The molecule has 0 amide bonds. The van der Waals surface area contributed by atoms with Gasteiger partial charge >= 0.3 is 0 Å². The molecule has 0 radical (unpaired) electrons. The van der Waals surface area contributed by atoms with Gasteiger partial charge in [0.25, 0.3) is 5.69 Å². The quantitative estimate of drug-likeness (QED) is 0.691. The van der Waals surface area contributed by atoms with E-state index in [4.69, 9.17) is 0 Å². The highest BCUT2D eigenvalue weighted by Gasteiger charge is 2.26. The van der Waals surface area contributed by atoms with Crippen molar-refractivity contribution < 1.29 is 13.7 Å². The van der Waals surface area contributed by atoms with Crippen LogP contribution < -0.4 is 5.32 Å². The molecule has 6 heteroatoms. The molecule has 0 fully saturated rings. The van der Waals surface area contributed by atoms with Crippen molar-refractivity contribution in [2.45, 2.75) is 12.3 Å². The Kier molecular flexibility index (Phi) is 3.29. The van der Waals surface area contributed by atoms with E-state index in [9.17, 15) is 18.9 Å². The number of nitrogens with one attached hydrogen (secondary N) is 1. The van der Waals surface area contributed by atoms with Crippen molar-refractivity contribution in [2.75, 3.05) is 11.9 Å². The Bertz CT molecular complexity index is 696. The molecule has 1 unspecified atom stereocenters. The number of nitrogens with zero attached hydrogens (tertiary/aromatic N) is 1. The molecular formula is C15H12F2N2O2. The predicted octanol–water partition coefficient (Wildman–Crippen LogP) is 3.62. The number of fused-ring (bicyclic) bond motifs is 1. The zero-order valence-corrected chi connectivity index (χ0v) is 11.0. The summed E-state index contributed by atoms with van der Waals surface area (Å²) in [6, 6.07) is 9.35. The summed E-state index contributed by atoms with van der Waals surface area (Å²) in [4.78, 5) is 9.71. The number of halogens is 2. The van der Waals surface area contributed by atoms with Crippen molar-refractivity contribution >= 4 is 11.4 Å². The van der Waals surface area contributed by atoms with Crippen molar-refractivity contribution in [3.63, 3.8) is 0 Å². The van der Waals surface area contributed by atoms with Gasteiger partial charge in [-0.15, -0.1) is 0 Å². The lowest BCUT2D eigenvalue weighted by molar-refractivity contribution is -0.385. The molecule has 0 heterocycles. The summed E-state index contributed by atoms with van der Waals surface area (Å²) in [6.07, 6.45) is 0.861. The van der Waals surface area contributed by atoms with E-state index in [0.29, 0.717) is 6.54 Å². The third-order valence-corrected chi connectivity index (χ3v) is 3.72. The molecule has 2 aromatic rings. The SMILES string of the molecule is O=[N+]([O-])c1cc(F)c(NCC2Cc3ccccc32)c(F)c1. The van der Waals surface area contributed by atoms with Gasteiger partial charge in [0.15, 0.2) is 11.6 Å². The number of nitro groups is 1. The van der Waals surface area contributed by atoms with Gasteiger partial charge in [0.05, 0.1) is 17.1 Å². The molecule has 0 aliphatic heterocycles. The maximum absolute atomic E-state index is 13.7. The van der Waals surface area contributed by atoms with Crippen molar-refractivity contribution in [3.05, 3.63) is 69.3 Å². The van der Waals surface area contributed by atoms with E-state index in [2.05, 4.69) is 5.32 Å². The first-order valence-electron chi connectivity index (χ1n) is 6.51. The van der Waals surface area contributed by atoms with E-state index < -0.39 is 22.2 Å². The third-order valence-electron chi connectivity index (χ3n) is 3.72. The molecule has 1 atom stereocenters. The zero-order valence-electron chi connectivity index (χ0n) is 11.0. The van der Waals surface area contributed by atoms with Crippen LogP contribution in [0.25, 0.3) is 0 Å². The molecule has 21 heavy (non-hydrogen) atoms. The monoisotopic (exact) mass is 290 g/mol. The number of nitro benzene ring substituents is 1. The van der Waals surface area contributed by atoms with E-state index in [1.165, 1.54) is 11.1 Å². The maximum atomic E-state index is 13.7. The van der Waals surface area contributed by atoms with Gasteiger partial charge in [-0.2, -0.15) is 0 Å². The molecule has 0 saturated heterocycles. The molecule has 3 rings (SSSR count). The molecule has 0 aromatic heterocycles. The molecule has 0 spiro atoms. The van der Waals surface area contributed by atoms with Crippen LogP contribution in [0.5, 0.6) is 0 Å². The molecule has 1 aliphatic carbocycles. The third kappa shape index (κ3) is 2.44. The Morgan fingerprint density at radius 2 is 1.90 bits per heavy atom. The van der Waals surface area contributed by atoms with E-state index in [-0.39, 0.29) is 11.6 Å². The van der Waals surface area contributed by atoms with Crippen LogP contribution in [0.3, 0.4) is 0 Å². The fourth-order valence-corrected chi connectivity index (χ4v) is 2.60. The van der Waals surface area contributed by atoms with Crippen LogP contribution in [-0.2, 0) is 6.42 Å². The summed E-state index contributed by atoms with van der Waals surface area (Å²) in [6.45, 7) is 0.392. The Morgan fingerprint density at radius 3 is 2.52 bits per heavy atom. The summed E-state index contributed by atoms with van der Waals surface area (Å²) in [5.74, 6) is -1.70. The smallest absolute Gasteiger partial charge is 0.275 e. The number of benzene rings is 2. The van der Waals surface area contributed by atoms with E-state index in [1.807, 2.05) is 24.3 Å². The number of hydrogen-bond acceptors (Lipinski definition) is 3. The minimum atomic E-state index is -0.950. The van der Waals surface area contributed by atoms with Gasteiger partial charge < -0.3 is 5.32 Å². The van der Waals surface area contributed by atoms with Gasteiger partial charge in [0.2, 0.25) is 0 Å². The Hall–Kier alpha value is -2.50. The van der Waals surface area contributed by atoms with Gasteiger partial charge in [-0.05, 0) is 17.5 Å². The van der Waals surface area contributed by atoms with Crippen molar-refractivity contribution in [3.8, 4) is 0 Å². The lowest BCUT2D eigenvalue weighted by Gasteiger charge is -2.30. The summed E-state index contributed by atoms with van der Waals surface area (Å²) in [5.41, 5.74) is 1.51. The zero-order chi connectivity index (χ0) is 15.0. The van der Waals surface area contributed by atoms with Gasteiger partial charge in [-0.25, -0.2) is 8.78 Å². The van der Waals surface area contributed by atoms with E-state index >= 15 is 0 Å². The molecule has 0 saturated carbocycles. The molecule has 2 aromatic carbocycles. The molecule has 4 nitrogen and oxygen atoms in total. The average Bonchev–Trinajstić information content (AvgIpc) is 2.42. The van der Waals surface area contributed by atoms with Gasteiger partial charge in [0.1, 0.15) is 5.69 Å². The second-order valence-electron chi connectivity index (χ2n) is 5.02. The summed E-state index contributed by atoms with van der Waals surface area (Å²) >= 11 is 0. The second kappa shape index (κ2) is 5.12. The molecular weight excluding hydrogens is 278 g/mol. The minimum absolute atomic E-state index is 0.204.